The van der Waals surface area contributed by atoms with E-state index in [-0.39, 0.29) is 12.5 Å². The number of ether oxygens (including phenoxy) is 2. The van der Waals surface area contributed by atoms with E-state index in [0.29, 0.717) is 31.2 Å². The number of alkyl carbamates (subject to hydrolysis) is 2. The lowest BCUT2D eigenvalue weighted by Crippen LogP contribution is -2.44. The lowest BCUT2D eigenvalue weighted by Gasteiger charge is -2.26. The van der Waals surface area contributed by atoms with Crippen LogP contribution in [0, 0.1) is 5.92 Å². The van der Waals surface area contributed by atoms with Crippen LogP contribution in [0.25, 0.3) is 0 Å². The highest BCUT2D eigenvalue weighted by Gasteiger charge is 2.30. The number of unbranched alkanes of at least 4 members (excludes halogenated alkanes) is 20. The molecule has 0 aliphatic carbocycles. The first-order valence-corrected chi connectivity index (χ1v) is 23.7. The third kappa shape index (κ3) is 34.3. The third-order valence-corrected chi connectivity index (χ3v) is 10.4. The molecule has 3 atom stereocenters. The van der Waals surface area contributed by atoms with Crippen LogP contribution in [0.1, 0.15) is 223 Å². The van der Waals surface area contributed by atoms with Gasteiger partial charge < -0.3 is 35.4 Å². The largest absolute Gasteiger partial charge is 0.480 e. The Hall–Kier alpha value is -2.56. The van der Waals surface area contributed by atoms with Crippen LogP contribution >= 0.6 is 0 Å². The van der Waals surface area contributed by atoms with Crippen molar-refractivity contribution in [1.29, 1.82) is 0 Å². The van der Waals surface area contributed by atoms with Gasteiger partial charge in [-0.15, -0.1) is 0 Å². The molecule has 0 unspecified atom stereocenters. The van der Waals surface area contributed by atoms with Crippen molar-refractivity contribution in [3.8, 4) is 0 Å². The zero-order valence-electron chi connectivity index (χ0n) is 39.1. The zero-order chi connectivity index (χ0) is 43.7. The molecule has 0 bridgehead atoms. The van der Waals surface area contributed by atoms with E-state index in [1.807, 2.05) is 0 Å². The zero-order valence-corrected chi connectivity index (χ0v) is 39.1. The molecule has 0 aromatic carbocycles. The second-order valence-electron chi connectivity index (χ2n) is 18.8. The standard InChI is InChI=1S/C31H62N2O.C16H30N2O6/c1-4-6-8-10-12-14-16-18-20-22-24-26-33(31(34)30-27-29(3)28-32-30)25-23-21-19-17-15-13-11-9-7-5-2;1-15(2,3)23-13(21)17-10-8-7-9-11(12(19)20)18-14(22)24-16(4,5)6/h29-30,32H,4-28H2,1-3H3;11H,7-10H2,1-6H3,(H,17,21)(H,18,22)(H,19,20)/t29-,30-;11-/m01/s1. The van der Waals surface area contributed by atoms with Gasteiger partial charge in [0.05, 0.1) is 6.04 Å². The fourth-order valence-corrected chi connectivity index (χ4v) is 7.10. The van der Waals surface area contributed by atoms with Gasteiger partial charge in [0.2, 0.25) is 5.91 Å². The Kier molecular flexibility index (Phi) is 32.7. The second kappa shape index (κ2) is 34.2. The molecule has 0 saturated carbocycles. The molecule has 1 aliphatic rings. The smallest absolute Gasteiger partial charge is 0.408 e. The average Bonchev–Trinajstić information content (AvgIpc) is 3.57. The Morgan fingerprint density at radius 2 is 1.05 bits per heavy atom. The second-order valence-corrected chi connectivity index (χ2v) is 18.8. The lowest BCUT2D eigenvalue weighted by atomic mass is 10.0. The first kappa shape index (κ1) is 55.4. The number of carboxylic acid groups (broad SMARTS) is 1. The number of aliphatic carboxylic acids is 1. The molecule has 11 heteroatoms. The van der Waals surface area contributed by atoms with Gasteiger partial charge in [-0.1, -0.05) is 143 Å². The van der Waals surface area contributed by atoms with Crippen LogP contribution in [0.5, 0.6) is 0 Å². The van der Waals surface area contributed by atoms with E-state index < -0.39 is 35.4 Å². The predicted octanol–water partition coefficient (Wildman–Crippen LogP) is 11.7. The number of carbonyl (C=O) groups is 4. The summed E-state index contributed by atoms with van der Waals surface area (Å²) in [6, 6.07) is -0.952. The molecule has 342 valence electrons. The molecule has 58 heavy (non-hydrogen) atoms. The van der Waals surface area contributed by atoms with Gasteiger partial charge in [-0.25, -0.2) is 14.4 Å². The fraction of sp³-hybridized carbons (Fsp3) is 0.915. The Balaban J connectivity index is 0.00000119. The lowest BCUT2D eigenvalue weighted by molar-refractivity contribution is -0.139. The molecule has 0 aromatic rings. The van der Waals surface area contributed by atoms with Gasteiger partial charge in [-0.2, -0.15) is 0 Å². The fourth-order valence-electron chi connectivity index (χ4n) is 7.10. The van der Waals surface area contributed by atoms with Crippen molar-refractivity contribution in [2.45, 2.75) is 246 Å². The van der Waals surface area contributed by atoms with Gasteiger partial charge in [0.15, 0.2) is 0 Å². The Morgan fingerprint density at radius 1 is 0.638 bits per heavy atom. The highest BCUT2D eigenvalue weighted by atomic mass is 16.6. The summed E-state index contributed by atoms with van der Waals surface area (Å²) in [5.74, 6) is -0.108. The molecular weight excluding hydrogens is 733 g/mol. The van der Waals surface area contributed by atoms with Crippen molar-refractivity contribution in [1.82, 2.24) is 20.9 Å². The number of rotatable bonds is 31. The normalized spacial score (nSPS) is 15.9. The monoisotopic (exact) mass is 825 g/mol. The molecule has 0 aromatic heterocycles. The summed E-state index contributed by atoms with van der Waals surface area (Å²) in [6.45, 7) is 20.6. The maximum Gasteiger partial charge on any atom is 0.408 e. The number of carbonyl (C=O) groups excluding carboxylic acids is 3. The number of carboxylic acids is 1. The van der Waals surface area contributed by atoms with Crippen molar-refractivity contribution in [2.75, 3.05) is 26.2 Å². The van der Waals surface area contributed by atoms with Crippen LogP contribution in [0.3, 0.4) is 0 Å². The summed E-state index contributed by atoms with van der Waals surface area (Å²) >= 11 is 0. The highest BCUT2D eigenvalue weighted by molar-refractivity contribution is 5.82. The van der Waals surface area contributed by atoms with Crippen LogP contribution in [0.4, 0.5) is 9.59 Å². The molecule has 1 fully saturated rings. The number of nitrogens with one attached hydrogen (secondary N) is 3. The van der Waals surface area contributed by atoms with Gasteiger partial charge in [0.25, 0.3) is 0 Å². The molecule has 1 saturated heterocycles. The number of amides is 3. The molecule has 1 aliphatic heterocycles. The average molecular weight is 825 g/mol. The quantitative estimate of drug-likeness (QED) is 0.0505. The summed E-state index contributed by atoms with van der Waals surface area (Å²) < 4.78 is 10.1. The van der Waals surface area contributed by atoms with Gasteiger partial charge in [-0.05, 0) is 92.5 Å². The highest BCUT2D eigenvalue weighted by Crippen LogP contribution is 2.18. The topological polar surface area (TPSA) is 146 Å². The summed E-state index contributed by atoms with van der Waals surface area (Å²) in [6.07, 6.45) is 29.7. The van der Waals surface area contributed by atoms with Crippen LogP contribution < -0.4 is 16.0 Å². The van der Waals surface area contributed by atoms with E-state index in [4.69, 9.17) is 14.6 Å². The molecule has 3 amide bonds. The molecule has 0 spiro atoms. The minimum atomic E-state index is -1.12. The number of hydrogen-bond acceptors (Lipinski definition) is 7. The van der Waals surface area contributed by atoms with E-state index >= 15 is 0 Å². The van der Waals surface area contributed by atoms with Crippen molar-refractivity contribution in [3.05, 3.63) is 0 Å². The van der Waals surface area contributed by atoms with Crippen LogP contribution in [-0.2, 0) is 19.1 Å². The number of hydrogen-bond donors (Lipinski definition) is 4. The van der Waals surface area contributed by atoms with Crippen LogP contribution in [0.15, 0.2) is 0 Å². The molecule has 1 rings (SSSR count). The van der Waals surface area contributed by atoms with Crippen molar-refractivity contribution in [3.63, 3.8) is 0 Å². The van der Waals surface area contributed by atoms with Crippen LogP contribution in [-0.4, -0.2) is 83.5 Å². The first-order valence-electron chi connectivity index (χ1n) is 23.7. The van der Waals surface area contributed by atoms with Crippen LogP contribution in [0.2, 0.25) is 0 Å². The third-order valence-electron chi connectivity index (χ3n) is 10.4. The van der Waals surface area contributed by atoms with E-state index in [9.17, 15) is 19.2 Å². The SMILES string of the molecule is CC(C)(C)OC(=O)NCCCC[C@@H](NC(=O)OC(C)(C)C)C(=O)O.CCCCCCCCCCCCCN(CCCCCCCCCCCC)C(=O)[C@@H]1C[C@H](C)CN1. The molecule has 0 radical (unpaired) electrons. The van der Waals surface area contributed by atoms with Crippen molar-refractivity contribution in [2.24, 2.45) is 5.92 Å². The summed E-state index contributed by atoms with van der Waals surface area (Å²) in [5.41, 5.74) is -1.25. The minimum absolute atomic E-state index is 0.0748. The molecule has 4 N–H and O–H groups in total. The Morgan fingerprint density at radius 3 is 1.43 bits per heavy atom. The van der Waals surface area contributed by atoms with E-state index in [1.54, 1.807) is 41.5 Å². The van der Waals surface area contributed by atoms with Gasteiger partial charge >= 0.3 is 18.2 Å². The Bertz CT molecular complexity index is 1060. The molecule has 1 heterocycles. The summed E-state index contributed by atoms with van der Waals surface area (Å²) in [7, 11) is 0. The number of nitrogens with zero attached hydrogens (tertiary/aromatic N) is 1. The van der Waals surface area contributed by atoms with Crippen molar-refractivity contribution < 1.29 is 33.8 Å². The predicted molar refractivity (Wildman–Crippen MR) is 239 cm³/mol. The van der Waals surface area contributed by atoms with E-state index in [2.05, 4.69) is 41.6 Å². The van der Waals surface area contributed by atoms with Crippen molar-refractivity contribution >= 4 is 24.1 Å². The minimum Gasteiger partial charge on any atom is -0.480 e. The molecular formula is C47H92N4O7. The van der Waals surface area contributed by atoms with E-state index in [0.717, 1.165) is 26.1 Å². The maximum absolute atomic E-state index is 13.2. The maximum atomic E-state index is 13.2. The van der Waals surface area contributed by atoms with Gasteiger partial charge in [0, 0.05) is 19.6 Å². The van der Waals surface area contributed by atoms with Gasteiger partial charge in [0.1, 0.15) is 17.2 Å². The summed E-state index contributed by atoms with van der Waals surface area (Å²) in [5, 5.41) is 17.5. The Labute approximate surface area is 356 Å². The molecule has 11 nitrogen and oxygen atoms in total. The summed E-state index contributed by atoms with van der Waals surface area (Å²) in [4.78, 5) is 49.6. The first-order chi connectivity index (χ1) is 27.5. The van der Waals surface area contributed by atoms with E-state index in [1.165, 1.54) is 135 Å². The van der Waals surface area contributed by atoms with Gasteiger partial charge in [-0.3, -0.25) is 4.79 Å².